The summed E-state index contributed by atoms with van der Waals surface area (Å²) in [5, 5.41) is 1.52. The van der Waals surface area contributed by atoms with Gasteiger partial charge in [-0.2, -0.15) is 0 Å². The minimum Gasteiger partial charge on any atom is -0.422 e. The van der Waals surface area contributed by atoms with Crippen LogP contribution in [-0.4, -0.2) is 11.7 Å². The van der Waals surface area contributed by atoms with Crippen LogP contribution in [0, 0.1) is 13.8 Å². The van der Waals surface area contributed by atoms with Crippen LogP contribution in [0.1, 0.15) is 30.0 Å². The first-order valence-corrected chi connectivity index (χ1v) is 7.97. The second-order valence-electron chi connectivity index (χ2n) is 4.98. The standard InChI is InChI=1S/C16H20N2O2S/c1-4-7-18-16(17)21-9-12-8-14(19)20-15-11(3)10(2)5-6-13(12)15/h5-6,8H,4,7,9H2,1-3H3,(H2,17,18). The molecule has 4 nitrogen and oxygen atoms in total. The Bertz CT molecular complexity index is 735. The Balaban J connectivity index is 2.36. The van der Waals surface area contributed by atoms with Crippen molar-refractivity contribution in [1.29, 1.82) is 0 Å². The van der Waals surface area contributed by atoms with Gasteiger partial charge in [0.2, 0.25) is 0 Å². The number of aliphatic imine (C=N–C) groups is 1. The van der Waals surface area contributed by atoms with E-state index in [1.54, 1.807) is 0 Å². The van der Waals surface area contributed by atoms with Crippen molar-refractivity contribution in [2.24, 2.45) is 10.7 Å². The molecule has 0 fully saturated rings. The monoisotopic (exact) mass is 304 g/mol. The molecule has 0 saturated heterocycles. The molecular formula is C16H20N2O2S. The number of hydrogen-bond acceptors (Lipinski definition) is 4. The first-order chi connectivity index (χ1) is 10.0. The summed E-state index contributed by atoms with van der Waals surface area (Å²) < 4.78 is 5.36. The molecule has 2 N–H and O–H groups in total. The van der Waals surface area contributed by atoms with E-state index in [9.17, 15) is 4.79 Å². The number of aryl methyl sites for hydroxylation is 2. The highest BCUT2D eigenvalue weighted by Gasteiger charge is 2.10. The van der Waals surface area contributed by atoms with Gasteiger partial charge in [0.25, 0.3) is 0 Å². The number of hydrogen-bond donors (Lipinski definition) is 1. The van der Waals surface area contributed by atoms with Crippen LogP contribution in [0.4, 0.5) is 0 Å². The Morgan fingerprint density at radius 2 is 2.14 bits per heavy atom. The molecule has 0 radical (unpaired) electrons. The summed E-state index contributed by atoms with van der Waals surface area (Å²) in [5.41, 5.74) is 9.25. The third kappa shape index (κ3) is 3.67. The lowest BCUT2D eigenvalue weighted by atomic mass is 10.0. The minimum atomic E-state index is -0.323. The number of rotatable bonds is 4. The second-order valence-corrected chi connectivity index (χ2v) is 5.98. The van der Waals surface area contributed by atoms with Crippen LogP contribution in [0.5, 0.6) is 0 Å². The molecule has 0 atom stereocenters. The topological polar surface area (TPSA) is 68.6 Å². The first-order valence-electron chi connectivity index (χ1n) is 6.98. The number of benzene rings is 1. The predicted octanol–water partition coefficient (Wildman–Crippen LogP) is 3.37. The summed E-state index contributed by atoms with van der Waals surface area (Å²) >= 11 is 1.45. The number of amidine groups is 1. The molecule has 0 spiro atoms. The molecule has 1 aromatic heterocycles. The highest BCUT2D eigenvalue weighted by Crippen LogP contribution is 2.25. The summed E-state index contributed by atoms with van der Waals surface area (Å²) in [4.78, 5) is 16.0. The fraction of sp³-hybridized carbons (Fsp3) is 0.375. The molecule has 0 bridgehead atoms. The van der Waals surface area contributed by atoms with E-state index in [0.29, 0.717) is 16.5 Å². The van der Waals surface area contributed by atoms with E-state index in [1.807, 2.05) is 26.0 Å². The van der Waals surface area contributed by atoms with E-state index in [2.05, 4.69) is 11.9 Å². The summed E-state index contributed by atoms with van der Waals surface area (Å²) in [5.74, 6) is 0.615. The lowest BCUT2D eigenvalue weighted by molar-refractivity contribution is 0.557. The van der Waals surface area contributed by atoms with Crippen LogP contribution in [0.3, 0.4) is 0 Å². The van der Waals surface area contributed by atoms with E-state index in [1.165, 1.54) is 17.8 Å². The number of nitrogens with zero attached hydrogens (tertiary/aromatic N) is 1. The van der Waals surface area contributed by atoms with Crippen molar-refractivity contribution >= 4 is 27.9 Å². The van der Waals surface area contributed by atoms with Crippen LogP contribution < -0.4 is 11.4 Å². The summed E-state index contributed by atoms with van der Waals surface area (Å²) in [7, 11) is 0. The zero-order valence-corrected chi connectivity index (χ0v) is 13.4. The largest absolute Gasteiger partial charge is 0.422 e. The maximum Gasteiger partial charge on any atom is 0.336 e. The summed E-state index contributed by atoms with van der Waals surface area (Å²) in [6, 6.07) is 5.58. The maximum absolute atomic E-state index is 11.7. The van der Waals surface area contributed by atoms with Crippen molar-refractivity contribution in [1.82, 2.24) is 0 Å². The molecular weight excluding hydrogens is 284 g/mol. The van der Waals surface area contributed by atoms with Gasteiger partial charge < -0.3 is 10.2 Å². The highest BCUT2D eigenvalue weighted by atomic mass is 32.2. The van der Waals surface area contributed by atoms with E-state index in [0.717, 1.165) is 35.0 Å². The molecule has 1 heterocycles. The molecule has 0 aliphatic carbocycles. The van der Waals surface area contributed by atoms with Gasteiger partial charge in [-0.15, -0.1) is 0 Å². The van der Waals surface area contributed by atoms with Crippen molar-refractivity contribution < 1.29 is 4.42 Å². The van der Waals surface area contributed by atoms with Crippen LogP contribution in [0.15, 0.2) is 32.4 Å². The third-order valence-electron chi connectivity index (χ3n) is 3.38. The number of thioether (sulfide) groups is 1. The third-order valence-corrected chi connectivity index (χ3v) is 4.26. The minimum absolute atomic E-state index is 0.323. The number of fused-ring (bicyclic) bond motifs is 1. The van der Waals surface area contributed by atoms with E-state index in [4.69, 9.17) is 10.2 Å². The fourth-order valence-corrected chi connectivity index (χ4v) is 2.79. The summed E-state index contributed by atoms with van der Waals surface area (Å²) in [6.07, 6.45) is 0.970. The molecule has 0 aliphatic heterocycles. The molecule has 2 aromatic rings. The van der Waals surface area contributed by atoms with Crippen molar-refractivity contribution in [3.05, 3.63) is 45.3 Å². The van der Waals surface area contributed by atoms with Crippen molar-refractivity contribution in [3.63, 3.8) is 0 Å². The Kier molecular flexibility index (Phi) is 5.07. The van der Waals surface area contributed by atoms with Crippen LogP contribution in [0.25, 0.3) is 11.0 Å². The van der Waals surface area contributed by atoms with Gasteiger partial charge >= 0.3 is 5.63 Å². The SMILES string of the molecule is CCCN=C(N)SCc1cc(=O)oc2c(C)c(C)ccc12. The zero-order chi connectivity index (χ0) is 15.4. The van der Waals surface area contributed by atoms with Crippen LogP contribution in [-0.2, 0) is 5.75 Å². The average molecular weight is 304 g/mol. The predicted molar refractivity (Wildman–Crippen MR) is 90.0 cm³/mol. The fourth-order valence-electron chi connectivity index (χ4n) is 2.06. The normalized spacial score (nSPS) is 12.0. The van der Waals surface area contributed by atoms with Crippen LogP contribution >= 0.6 is 11.8 Å². The smallest absolute Gasteiger partial charge is 0.336 e. The van der Waals surface area contributed by atoms with Crippen molar-refractivity contribution in [2.75, 3.05) is 6.54 Å². The first kappa shape index (κ1) is 15.6. The number of nitrogens with two attached hydrogens (primary N) is 1. The van der Waals surface area contributed by atoms with E-state index in [-0.39, 0.29) is 5.63 Å². The molecule has 2 rings (SSSR count). The van der Waals surface area contributed by atoms with E-state index >= 15 is 0 Å². The summed E-state index contributed by atoms with van der Waals surface area (Å²) in [6.45, 7) is 6.76. The van der Waals surface area contributed by atoms with Gasteiger partial charge in [-0.25, -0.2) is 4.79 Å². The Morgan fingerprint density at radius 3 is 2.86 bits per heavy atom. The molecule has 0 saturated carbocycles. The van der Waals surface area contributed by atoms with Gasteiger partial charge in [0.1, 0.15) is 5.58 Å². The second kappa shape index (κ2) is 6.80. The molecule has 112 valence electrons. The Labute approximate surface area is 128 Å². The average Bonchev–Trinajstić information content (AvgIpc) is 2.46. The van der Waals surface area contributed by atoms with Gasteiger partial charge in [0, 0.05) is 23.8 Å². The van der Waals surface area contributed by atoms with Crippen molar-refractivity contribution in [3.8, 4) is 0 Å². The van der Waals surface area contributed by atoms with Gasteiger partial charge in [-0.1, -0.05) is 30.8 Å². The molecule has 0 amide bonds. The van der Waals surface area contributed by atoms with Gasteiger partial charge in [0.05, 0.1) is 0 Å². The molecule has 21 heavy (non-hydrogen) atoms. The van der Waals surface area contributed by atoms with Gasteiger partial charge in [-0.05, 0) is 37.0 Å². The zero-order valence-electron chi connectivity index (χ0n) is 12.6. The highest BCUT2D eigenvalue weighted by molar-refractivity contribution is 8.13. The van der Waals surface area contributed by atoms with E-state index < -0.39 is 0 Å². The lowest BCUT2D eigenvalue weighted by Crippen LogP contribution is -2.09. The molecule has 5 heteroatoms. The van der Waals surface area contributed by atoms with Gasteiger partial charge in [0.15, 0.2) is 5.17 Å². The lowest BCUT2D eigenvalue weighted by Gasteiger charge is -2.08. The maximum atomic E-state index is 11.7. The molecule has 0 unspecified atom stereocenters. The molecule has 0 aliphatic rings. The Hall–Kier alpha value is -1.75. The van der Waals surface area contributed by atoms with Crippen molar-refractivity contribution in [2.45, 2.75) is 32.9 Å². The Morgan fingerprint density at radius 1 is 1.38 bits per heavy atom. The quantitative estimate of drug-likeness (QED) is 0.534. The van der Waals surface area contributed by atoms with Crippen LogP contribution in [0.2, 0.25) is 0 Å². The molecule has 1 aromatic carbocycles. The van der Waals surface area contributed by atoms with Gasteiger partial charge in [-0.3, -0.25) is 4.99 Å².